The lowest BCUT2D eigenvalue weighted by molar-refractivity contribution is -0.111. The van der Waals surface area contributed by atoms with Crippen LogP contribution in [0.5, 0.6) is 0 Å². The second-order valence-corrected chi connectivity index (χ2v) is 9.64. The molecule has 5 aromatic rings. The van der Waals surface area contributed by atoms with Crippen LogP contribution in [-0.4, -0.2) is 10.9 Å². The molecule has 5 rings (SSSR count). The number of nitrogens with zero attached hydrogens (tertiary/aromatic N) is 1. The summed E-state index contributed by atoms with van der Waals surface area (Å²) in [5.74, 6) is 1.31. The second kappa shape index (κ2) is 10.3. The summed E-state index contributed by atoms with van der Waals surface area (Å²) in [7, 11) is 0. The van der Waals surface area contributed by atoms with Crippen LogP contribution in [0.15, 0.2) is 86.1 Å². The molecule has 2 heterocycles. The van der Waals surface area contributed by atoms with E-state index in [1.165, 1.54) is 11.6 Å². The van der Waals surface area contributed by atoms with Gasteiger partial charge in [0.25, 0.3) is 0 Å². The fraction of sp³-hybridized carbons (Fsp3) is 0.0714. The van der Waals surface area contributed by atoms with Crippen molar-refractivity contribution >= 4 is 67.9 Å². The van der Waals surface area contributed by atoms with Gasteiger partial charge in [0, 0.05) is 22.9 Å². The predicted octanol–water partition coefficient (Wildman–Crippen LogP) is 9.04. The van der Waals surface area contributed by atoms with Gasteiger partial charge in [-0.25, -0.2) is 4.98 Å². The maximum Gasteiger partial charge on any atom is 0.248 e. The molecular formula is C28H19BrCl2N2O3. The zero-order valence-corrected chi connectivity index (χ0v) is 22.1. The number of nitrogens with one attached hydrogen (secondary N) is 1. The first-order valence-electron chi connectivity index (χ1n) is 11.1. The molecule has 0 aliphatic heterocycles. The summed E-state index contributed by atoms with van der Waals surface area (Å²) < 4.78 is 12.6. The number of fused-ring (bicyclic) bond motifs is 1. The maximum absolute atomic E-state index is 12.4. The van der Waals surface area contributed by atoms with E-state index in [9.17, 15) is 4.79 Å². The number of anilines is 1. The van der Waals surface area contributed by atoms with Crippen LogP contribution in [0.1, 0.15) is 18.2 Å². The average molecular weight is 582 g/mol. The van der Waals surface area contributed by atoms with E-state index in [0.29, 0.717) is 44.3 Å². The SMILES string of the molecule is CCc1cc(Br)c2oc(-c3ccc(NC(=O)/C=C/c4ccc(-c5cccc(Cl)c5Cl)o4)cc3)nc2c1. The highest BCUT2D eigenvalue weighted by atomic mass is 79.9. The van der Waals surface area contributed by atoms with Crippen molar-refractivity contribution < 1.29 is 13.6 Å². The molecular weight excluding hydrogens is 563 g/mol. The number of hydrogen-bond donors (Lipinski definition) is 1. The van der Waals surface area contributed by atoms with Gasteiger partial charge in [-0.05, 0) is 94.7 Å². The molecule has 0 saturated carbocycles. The average Bonchev–Trinajstić information content (AvgIpc) is 3.52. The summed E-state index contributed by atoms with van der Waals surface area (Å²) in [5.41, 5.74) is 4.84. The zero-order chi connectivity index (χ0) is 25.2. The van der Waals surface area contributed by atoms with Crippen molar-refractivity contribution in [2.45, 2.75) is 13.3 Å². The largest absolute Gasteiger partial charge is 0.457 e. The van der Waals surface area contributed by atoms with E-state index in [2.05, 4.69) is 33.2 Å². The number of carbonyl (C=O) groups is 1. The van der Waals surface area contributed by atoms with Crippen molar-refractivity contribution in [3.05, 3.63) is 98.6 Å². The topological polar surface area (TPSA) is 68.3 Å². The van der Waals surface area contributed by atoms with E-state index >= 15 is 0 Å². The molecule has 0 saturated heterocycles. The maximum atomic E-state index is 12.4. The van der Waals surface area contributed by atoms with Gasteiger partial charge in [0.2, 0.25) is 11.8 Å². The highest BCUT2D eigenvalue weighted by Crippen LogP contribution is 2.35. The van der Waals surface area contributed by atoms with Crippen LogP contribution in [0, 0.1) is 0 Å². The van der Waals surface area contributed by atoms with Crippen molar-refractivity contribution in [1.29, 1.82) is 0 Å². The number of aromatic nitrogens is 1. The third-order valence-corrected chi connectivity index (χ3v) is 6.96. The minimum absolute atomic E-state index is 0.292. The monoisotopic (exact) mass is 580 g/mol. The Hall–Kier alpha value is -3.32. The number of aryl methyl sites for hydroxylation is 1. The first kappa shape index (κ1) is 24.4. The fourth-order valence-corrected chi connectivity index (χ4v) is 4.66. The molecule has 1 N–H and O–H groups in total. The van der Waals surface area contributed by atoms with Crippen LogP contribution in [0.4, 0.5) is 5.69 Å². The van der Waals surface area contributed by atoms with Crippen molar-refractivity contribution in [2.75, 3.05) is 5.32 Å². The molecule has 1 amide bonds. The minimum atomic E-state index is -0.292. The van der Waals surface area contributed by atoms with Crippen LogP contribution in [0.25, 0.3) is 40.0 Å². The Kier molecular flexibility index (Phi) is 7.01. The first-order valence-corrected chi connectivity index (χ1v) is 12.7. The van der Waals surface area contributed by atoms with Crippen molar-refractivity contribution in [2.24, 2.45) is 0 Å². The number of furan rings is 1. The lowest BCUT2D eigenvalue weighted by atomic mass is 10.1. The van der Waals surface area contributed by atoms with E-state index in [4.69, 9.17) is 32.0 Å². The third-order valence-electron chi connectivity index (χ3n) is 5.55. The van der Waals surface area contributed by atoms with Crippen molar-refractivity contribution in [1.82, 2.24) is 4.98 Å². The van der Waals surface area contributed by atoms with Gasteiger partial charge in [-0.1, -0.05) is 36.2 Å². The van der Waals surface area contributed by atoms with Gasteiger partial charge in [-0.2, -0.15) is 0 Å². The van der Waals surface area contributed by atoms with Crippen LogP contribution >= 0.6 is 39.1 Å². The summed E-state index contributed by atoms with van der Waals surface area (Å²) in [4.78, 5) is 17.0. The standard InChI is InChI=1S/C28H19BrCl2N2O3/c1-2-16-14-21(29)27-23(15-16)33-28(36-27)17-6-8-18(9-7-17)32-25(34)13-11-19-10-12-24(35-19)20-4-3-5-22(30)26(20)31/h3-15H,2H2,1H3,(H,32,34)/b13-11+. The van der Waals surface area contributed by atoms with Gasteiger partial charge in [0.05, 0.1) is 14.5 Å². The van der Waals surface area contributed by atoms with Gasteiger partial charge < -0.3 is 14.2 Å². The van der Waals surface area contributed by atoms with Gasteiger partial charge >= 0.3 is 0 Å². The number of oxazole rings is 1. The minimum Gasteiger partial charge on any atom is -0.457 e. The summed E-state index contributed by atoms with van der Waals surface area (Å²) in [6.07, 6.45) is 3.91. The third kappa shape index (κ3) is 5.12. The second-order valence-electron chi connectivity index (χ2n) is 8.00. The van der Waals surface area contributed by atoms with E-state index < -0.39 is 0 Å². The molecule has 0 atom stereocenters. The molecule has 5 nitrogen and oxygen atoms in total. The fourth-order valence-electron chi connectivity index (χ4n) is 3.69. The Labute approximate surface area is 225 Å². The zero-order valence-electron chi connectivity index (χ0n) is 19.0. The van der Waals surface area contributed by atoms with E-state index in [1.54, 1.807) is 42.5 Å². The number of hydrogen-bond acceptors (Lipinski definition) is 4. The number of carbonyl (C=O) groups excluding carboxylic acids is 1. The predicted molar refractivity (Wildman–Crippen MR) is 148 cm³/mol. The van der Waals surface area contributed by atoms with Crippen LogP contribution in [-0.2, 0) is 11.2 Å². The highest BCUT2D eigenvalue weighted by molar-refractivity contribution is 9.10. The molecule has 0 radical (unpaired) electrons. The van der Waals surface area contributed by atoms with E-state index in [-0.39, 0.29) is 5.91 Å². The number of amides is 1. The summed E-state index contributed by atoms with van der Waals surface area (Å²) in [6, 6.07) is 20.2. The van der Waals surface area contributed by atoms with Gasteiger partial charge in [0.1, 0.15) is 17.0 Å². The molecule has 0 aliphatic rings. The molecule has 2 aromatic heterocycles. The molecule has 0 unspecified atom stereocenters. The van der Waals surface area contributed by atoms with Crippen LogP contribution in [0.3, 0.4) is 0 Å². The Morgan fingerprint density at radius 2 is 1.86 bits per heavy atom. The Balaban J connectivity index is 1.26. The lowest BCUT2D eigenvalue weighted by Crippen LogP contribution is -2.07. The van der Waals surface area contributed by atoms with Crippen LogP contribution in [0.2, 0.25) is 10.0 Å². The highest BCUT2D eigenvalue weighted by Gasteiger charge is 2.13. The number of rotatable bonds is 6. The Morgan fingerprint density at radius 1 is 1.06 bits per heavy atom. The molecule has 180 valence electrons. The van der Waals surface area contributed by atoms with Crippen molar-refractivity contribution in [3.63, 3.8) is 0 Å². The van der Waals surface area contributed by atoms with Crippen molar-refractivity contribution in [3.8, 4) is 22.8 Å². The van der Waals surface area contributed by atoms with Crippen LogP contribution < -0.4 is 5.32 Å². The first-order chi connectivity index (χ1) is 17.4. The smallest absolute Gasteiger partial charge is 0.248 e. The molecule has 8 heteroatoms. The summed E-state index contributed by atoms with van der Waals surface area (Å²) in [6.45, 7) is 2.10. The van der Waals surface area contributed by atoms with Gasteiger partial charge in [-0.15, -0.1) is 0 Å². The van der Waals surface area contributed by atoms with E-state index in [0.717, 1.165) is 22.0 Å². The van der Waals surface area contributed by atoms with Gasteiger partial charge in [0.15, 0.2) is 5.58 Å². The Bertz CT molecular complexity index is 1600. The Morgan fingerprint density at radius 3 is 2.64 bits per heavy atom. The quantitative estimate of drug-likeness (QED) is 0.203. The number of benzene rings is 3. The van der Waals surface area contributed by atoms with Gasteiger partial charge in [-0.3, -0.25) is 4.79 Å². The molecule has 36 heavy (non-hydrogen) atoms. The normalized spacial score (nSPS) is 11.4. The summed E-state index contributed by atoms with van der Waals surface area (Å²) >= 11 is 15.9. The molecule has 0 aliphatic carbocycles. The molecule has 0 bridgehead atoms. The summed E-state index contributed by atoms with van der Waals surface area (Å²) in [5, 5.41) is 3.70. The lowest BCUT2D eigenvalue weighted by Gasteiger charge is -2.03. The number of halogens is 3. The van der Waals surface area contributed by atoms with E-state index in [1.807, 2.05) is 30.3 Å². The molecule has 0 spiro atoms. The molecule has 3 aromatic carbocycles. The molecule has 0 fully saturated rings.